The minimum atomic E-state index is 0.112. The molecule has 4 rings (SSSR count). The average molecular weight is 519 g/mol. The molecule has 2 aliphatic heterocycles. The predicted octanol–water partition coefficient (Wildman–Crippen LogP) is 9.06. The van der Waals surface area contributed by atoms with Gasteiger partial charge in [-0.15, -0.1) is 0 Å². The maximum atomic E-state index is 4.42. The Morgan fingerprint density at radius 3 is 2.29 bits per heavy atom. The summed E-state index contributed by atoms with van der Waals surface area (Å²) in [5, 5.41) is 7.46. The van der Waals surface area contributed by atoms with Crippen LogP contribution in [-0.2, 0) is 6.54 Å². The number of hydrogen-bond donors (Lipinski definition) is 2. The molecule has 0 spiro atoms. The normalized spacial score (nSPS) is 17.6. The smallest absolute Gasteiger partial charge is 0.157 e. The second kappa shape index (κ2) is 16.1. The number of aryl methyl sites for hydroxylation is 2. The lowest BCUT2D eigenvalue weighted by Gasteiger charge is -2.54. The molecule has 210 valence electrons. The Hall–Kier alpha value is -2.98. The van der Waals surface area contributed by atoms with Gasteiger partial charge in [0.1, 0.15) is 0 Å². The summed E-state index contributed by atoms with van der Waals surface area (Å²) in [6.45, 7) is 27.9. The molecule has 0 aromatic heterocycles. The number of allylic oxidation sites excluding steroid dienone is 3. The molecule has 2 N–H and O–H groups in total. The van der Waals surface area contributed by atoms with Gasteiger partial charge < -0.3 is 15.5 Å². The second-order valence-electron chi connectivity index (χ2n) is 9.53. The fraction of sp³-hybridized carbons (Fsp3) is 0.471. The Balaban J connectivity index is 0.00000112. The molecular weight excluding hydrogens is 464 g/mol. The van der Waals surface area contributed by atoms with Gasteiger partial charge in [0.25, 0.3) is 0 Å². The number of fused-ring (bicyclic) bond motifs is 1. The third-order valence-corrected chi connectivity index (χ3v) is 6.66. The molecule has 0 saturated carbocycles. The molecule has 38 heavy (non-hydrogen) atoms. The first kappa shape index (κ1) is 33.0. The molecule has 1 saturated heterocycles. The summed E-state index contributed by atoms with van der Waals surface area (Å²) in [7, 11) is 2.13. The molecule has 1 atom stereocenters. The maximum Gasteiger partial charge on any atom is 0.157 e. The van der Waals surface area contributed by atoms with Gasteiger partial charge in [0, 0.05) is 49.0 Å². The highest BCUT2D eigenvalue weighted by atomic mass is 15.5. The molecule has 0 amide bonds. The van der Waals surface area contributed by atoms with Crippen molar-refractivity contribution in [1.82, 2.24) is 9.80 Å². The average Bonchev–Trinajstić information content (AvgIpc) is 2.92. The van der Waals surface area contributed by atoms with Crippen LogP contribution in [0.5, 0.6) is 0 Å². The van der Waals surface area contributed by atoms with E-state index in [1.54, 1.807) is 0 Å². The van der Waals surface area contributed by atoms with Gasteiger partial charge in [0.2, 0.25) is 0 Å². The number of anilines is 2. The number of para-hydroxylation sites is 1. The van der Waals surface area contributed by atoms with Gasteiger partial charge in [-0.05, 0) is 38.0 Å². The van der Waals surface area contributed by atoms with Gasteiger partial charge >= 0.3 is 0 Å². The maximum absolute atomic E-state index is 4.42. The number of nitrogens with zero attached hydrogens (tertiary/aromatic N) is 2. The van der Waals surface area contributed by atoms with Gasteiger partial charge in [-0.2, -0.15) is 0 Å². The molecule has 4 nitrogen and oxygen atoms in total. The SMILES string of the molecule is C=C1c2cccc(CNc3ccc(C)cc3C)c2NC(N2CC(C)(/C=C\C=C/C)C2)N1C.CC.CC.CC. The zero-order valence-corrected chi connectivity index (χ0v) is 26.1. The lowest BCUT2D eigenvalue weighted by Crippen LogP contribution is -2.64. The zero-order valence-electron chi connectivity index (χ0n) is 26.1. The summed E-state index contributed by atoms with van der Waals surface area (Å²) in [5.74, 6) is 0. The molecule has 0 bridgehead atoms. The summed E-state index contributed by atoms with van der Waals surface area (Å²) in [4.78, 5) is 4.75. The van der Waals surface area contributed by atoms with Crippen LogP contribution in [0.2, 0.25) is 0 Å². The zero-order chi connectivity index (χ0) is 28.9. The van der Waals surface area contributed by atoms with Crippen LogP contribution in [0.4, 0.5) is 11.4 Å². The van der Waals surface area contributed by atoms with Crippen molar-refractivity contribution in [3.8, 4) is 0 Å². The topological polar surface area (TPSA) is 30.5 Å². The Morgan fingerprint density at radius 1 is 1.03 bits per heavy atom. The number of rotatable bonds is 6. The van der Waals surface area contributed by atoms with Crippen LogP contribution >= 0.6 is 0 Å². The Morgan fingerprint density at radius 2 is 1.68 bits per heavy atom. The van der Waals surface area contributed by atoms with Crippen molar-refractivity contribution < 1.29 is 0 Å². The van der Waals surface area contributed by atoms with E-state index in [-0.39, 0.29) is 11.7 Å². The van der Waals surface area contributed by atoms with Crippen LogP contribution in [0.15, 0.2) is 67.3 Å². The molecular formula is C34H54N4. The molecule has 0 radical (unpaired) electrons. The Labute approximate surface area is 234 Å². The largest absolute Gasteiger partial charge is 0.381 e. The van der Waals surface area contributed by atoms with E-state index in [4.69, 9.17) is 0 Å². The lowest BCUT2D eigenvalue weighted by molar-refractivity contribution is -0.0185. The highest BCUT2D eigenvalue weighted by Crippen LogP contribution is 2.40. The standard InChI is InChI=1S/C28H36N4.3C2H6/c1-7-8-9-15-28(5)18-32(19-28)27-30-26-23(11-10-12-24(26)22(4)31(27)6)17-29-25-14-13-20(2)16-21(25)3;3*1-2/h7-16,27,29-30H,4,17-19H2,1-3,5-6H3;3*1-2H3/b8-7-,15-9-;;;. The van der Waals surface area contributed by atoms with Gasteiger partial charge in [0.05, 0.1) is 5.69 Å². The van der Waals surface area contributed by atoms with E-state index >= 15 is 0 Å². The lowest BCUT2D eigenvalue weighted by atomic mass is 9.81. The summed E-state index contributed by atoms with van der Waals surface area (Å²) >= 11 is 0. The van der Waals surface area contributed by atoms with Crippen LogP contribution in [0.3, 0.4) is 0 Å². The van der Waals surface area contributed by atoms with E-state index in [1.165, 1.54) is 33.6 Å². The molecule has 2 aliphatic rings. The van der Waals surface area contributed by atoms with E-state index in [9.17, 15) is 0 Å². The number of hydrogen-bond acceptors (Lipinski definition) is 4. The molecule has 2 heterocycles. The summed E-state index contributed by atoms with van der Waals surface area (Å²) in [6.07, 6.45) is 8.78. The minimum Gasteiger partial charge on any atom is -0.381 e. The quantitative estimate of drug-likeness (QED) is 0.373. The Bertz CT molecular complexity index is 1060. The first-order valence-electron chi connectivity index (χ1n) is 14.5. The van der Waals surface area contributed by atoms with Crippen LogP contribution in [-0.4, -0.2) is 36.2 Å². The van der Waals surface area contributed by atoms with Crippen LogP contribution < -0.4 is 10.6 Å². The van der Waals surface area contributed by atoms with Crippen LogP contribution in [0.1, 0.15) is 77.6 Å². The summed E-state index contributed by atoms with van der Waals surface area (Å²) in [6, 6.07) is 13.1. The number of nitrogens with one attached hydrogen (secondary N) is 2. The first-order valence-corrected chi connectivity index (χ1v) is 14.5. The van der Waals surface area contributed by atoms with Crippen molar-refractivity contribution in [2.24, 2.45) is 5.41 Å². The predicted molar refractivity (Wildman–Crippen MR) is 172 cm³/mol. The first-order chi connectivity index (χ1) is 18.3. The fourth-order valence-corrected chi connectivity index (χ4v) is 4.82. The van der Waals surface area contributed by atoms with Gasteiger partial charge in [0.15, 0.2) is 6.29 Å². The van der Waals surface area contributed by atoms with E-state index in [0.29, 0.717) is 0 Å². The summed E-state index contributed by atoms with van der Waals surface area (Å²) in [5.41, 5.74) is 8.66. The summed E-state index contributed by atoms with van der Waals surface area (Å²) < 4.78 is 0. The molecule has 2 aromatic carbocycles. The highest BCUT2D eigenvalue weighted by Gasteiger charge is 2.43. The molecule has 2 aromatic rings. The van der Waals surface area contributed by atoms with Crippen molar-refractivity contribution in [2.45, 2.75) is 82.1 Å². The highest BCUT2D eigenvalue weighted by molar-refractivity contribution is 5.79. The van der Waals surface area contributed by atoms with Crippen molar-refractivity contribution in [2.75, 3.05) is 30.8 Å². The van der Waals surface area contributed by atoms with Crippen molar-refractivity contribution >= 4 is 17.1 Å². The van der Waals surface area contributed by atoms with E-state index < -0.39 is 0 Å². The minimum absolute atomic E-state index is 0.112. The fourth-order valence-electron chi connectivity index (χ4n) is 4.82. The van der Waals surface area contributed by atoms with Crippen LogP contribution in [0.25, 0.3) is 5.70 Å². The van der Waals surface area contributed by atoms with E-state index in [2.05, 4.69) is 122 Å². The van der Waals surface area contributed by atoms with Gasteiger partial charge in [-0.25, -0.2) is 0 Å². The van der Waals surface area contributed by atoms with Crippen molar-refractivity contribution in [3.05, 3.63) is 89.5 Å². The molecule has 1 fully saturated rings. The third-order valence-electron chi connectivity index (χ3n) is 6.66. The second-order valence-corrected chi connectivity index (χ2v) is 9.53. The monoisotopic (exact) mass is 518 g/mol. The number of benzene rings is 2. The van der Waals surface area contributed by atoms with E-state index in [0.717, 1.165) is 25.3 Å². The van der Waals surface area contributed by atoms with Gasteiger partial charge in [-0.1, -0.05) is 115 Å². The van der Waals surface area contributed by atoms with Crippen molar-refractivity contribution in [3.63, 3.8) is 0 Å². The van der Waals surface area contributed by atoms with Crippen molar-refractivity contribution in [1.29, 1.82) is 0 Å². The third kappa shape index (κ3) is 8.01. The molecule has 4 heteroatoms. The Kier molecular flexibility index (Phi) is 14.0. The van der Waals surface area contributed by atoms with Gasteiger partial charge in [-0.3, -0.25) is 4.90 Å². The number of likely N-dealkylation sites (tertiary alicyclic amines) is 1. The molecule has 0 aliphatic carbocycles. The van der Waals surface area contributed by atoms with Crippen LogP contribution in [0, 0.1) is 19.3 Å². The van der Waals surface area contributed by atoms with E-state index in [1.807, 2.05) is 41.5 Å². The molecule has 1 unspecified atom stereocenters.